The van der Waals surface area contributed by atoms with Crippen molar-refractivity contribution in [2.45, 2.75) is 25.7 Å². The number of benzene rings is 3. The lowest BCUT2D eigenvalue weighted by atomic mass is 10.1. The van der Waals surface area contributed by atoms with Crippen LogP contribution in [-0.4, -0.2) is 22.7 Å². The molecular weight excluding hydrogens is 390 g/mol. The first-order valence-corrected chi connectivity index (χ1v) is 9.92. The van der Waals surface area contributed by atoms with Gasteiger partial charge in [-0.2, -0.15) is 0 Å². The van der Waals surface area contributed by atoms with E-state index in [9.17, 15) is 4.79 Å². The first kappa shape index (κ1) is 19.3. The molecule has 0 radical (unpaired) electrons. The molecule has 0 atom stereocenters. The highest BCUT2D eigenvalue weighted by Gasteiger charge is 2.15. The SMILES string of the molecule is O=C(O)CCCCCOc1cc2ccccc2cc1-c1nc2cc(Cl)ccc2o1. The summed E-state index contributed by atoms with van der Waals surface area (Å²) in [5.41, 5.74) is 2.14. The molecule has 5 nitrogen and oxygen atoms in total. The summed E-state index contributed by atoms with van der Waals surface area (Å²) in [4.78, 5) is 15.2. The van der Waals surface area contributed by atoms with Gasteiger partial charge in [-0.25, -0.2) is 4.98 Å². The summed E-state index contributed by atoms with van der Waals surface area (Å²) in [5.74, 6) is 0.410. The lowest BCUT2D eigenvalue weighted by Crippen LogP contribution is -2.00. The maximum atomic E-state index is 10.6. The molecule has 0 amide bonds. The Hall–Kier alpha value is -3.05. The number of aliphatic carboxylic acids is 1. The molecule has 4 aromatic rings. The van der Waals surface area contributed by atoms with Crippen LogP contribution in [0.15, 0.2) is 59.0 Å². The van der Waals surface area contributed by atoms with Gasteiger partial charge in [-0.15, -0.1) is 0 Å². The topological polar surface area (TPSA) is 72.6 Å². The molecular formula is C23H20ClNO4. The van der Waals surface area contributed by atoms with Crippen molar-refractivity contribution in [1.82, 2.24) is 4.98 Å². The molecule has 1 N–H and O–H groups in total. The van der Waals surface area contributed by atoms with E-state index < -0.39 is 5.97 Å². The van der Waals surface area contributed by atoms with E-state index in [1.54, 1.807) is 18.2 Å². The van der Waals surface area contributed by atoms with Crippen LogP contribution in [-0.2, 0) is 4.79 Å². The second kappa shape index (κ2) is 8.53. The van der Waals surface area contributed by atoms with Crippen molar-refractivity contribution in [2.24, 2.45) is 0 Å². The number of unbranched alkanes of at least 4 members (excludes halogenated alkanes) is 2. The lowest BCUT2D eigenvalue weighted by molar-refractivity contribution is -0.137. The standard InChI is InChI=1S/C23H20ClNO4/c24-17-9-10-20-19(14-17)25-23(29-20)18-12-15-6-3-4-7-16(15)13-21(18)28-11-5-1-2-8-22(26)27/h3-4,6-7,9-10,12-14H,1-2,5,8,11H2,(H,26,27). The lowest BCUT2D eigenvalue weighted by Gasteiger charge is -2.11. The average molecular weight is 410 g/mol. The van der Waals surface area contributed by atoms with Crippen LogP contribution in [0.4, 0.5) is 0 Å². The molecule has 0 fully saturated rings. The molecule has 0 bridgehead atoms. The minimum absolute atomic E-state index is 0.187. The average Bonchev–Trinajstić information content (AvgIpc) is 3.12. The van der Waals surface area contributed by atoms with E-state index >= 15 is 0 Å². The predicted molar refractivity (Wildman–Crippen MR) is 114 cm³/mol. The highest BCUT2D eigenvalue weighted by molar-refractivity contribution is 6.31. The van der Waals surface area contributed by atoms with E-state index in [1.165, 1.54) is 0 Å². The monoisotopic (exact) mass is 409 g/mol. The summed E-state index contributed by atoms with van der Waals surface area (Å²) in [7, 11) is 0. The van der Waals surface area contributed by atoms with Gasteiger partial charge >= 0.3 is 5.97 Å². The van der Waals surface area contributed by atoms with Crippen LogP contribution >= 0.6 is 11.6 Å². The van der Waals surface area contributed by atoms with Gasteiger partial charge in [-0.05, 0) is 60.4 Å². The molecule has 1 heterocycles. The van der Waals surface area contributed by atoms with E-state index in [2.05, 4.69) is 4.98 Å². The van der Waals surface area contributed by atoms with Crippen molar-refractivity contribution in [2.75, 3.05) is 6.61 Å². The number of aromatic nitrogens is 1. The Labute approximate surface area is 172 Å². The number of halogens is 1. The summed E-state index contributed by atoms with van der Waals surface area (Å²) >= 11 is 6.07. The first-order valence-electron chi connectivity index (χ1n) is 9.54. The fourth-order valence-corrected chi connectivity index (χ4v) is 3.43. The third-order valence-electron chi connectivity index (χ3n) is 4.72. The van der Waals surface area contributed by atoms with Crippen molar-refractivity contribution in [3.8, 4) is 17.2 Å². The Morgan fingerprint density at radius 1 is 1.03 bits per heavy atom. The molecule has 29 heavy (non-hydrogen) atoms. The number of rotatable bonds is 8. The summed E-state index contributed by atoms with van der Waals surface area (Å²) < 4.78 is 12.0. The smallest absolute Gasteiger partial charge is 0.303 e. The number of carboxylic acids is 1. The summed E-state index contributed by atoms with van der Waals surface area (Å²) in [6.45, 7) is 0.497. The van der Waals surface area contributed by atoms with E-state index in [1.807, 2.05) is 36.4 Å². The second-order valence-electron chi connectivity index (χ2n) is 6.88. The van der Waals surface area contributed by atoms with E-state index in [0.29, 0.717) is 40.8 Å². The number of hydrogen-bond acceptors (Lipinski definition) is 4. The molecule has 0 spiro atoms. The maximum Gasteiger partial charge on any atom is 0.303 e. The largest absolute Gasteiger partial charge is 0.493 e. The molecule has 0 aliphatic heterocycles. The molecule has 0 saturated heterocycles. The normalized spacial score (nSPS) is 11.2. The second-order valence-corrected chi connectivity index (χ2v) is 7.32. The molecule has 0 aliphatic rings. The van der Waals surface area contributed by atoms with E-state index in [4.69, 9.17) is 25.9 Å². The molecule has 0 aliphatic carbocycles. The Morgan fingerprint density at radius 3 is 2.62 bits per heavy atom. The minimum Gasteiger partial charge on any atom is -0.493 e. The van der Waals surface area contributed by atoms with Gasteiger partial charge in [0.05, 0.1) is 12.2 Å². The van der Waals surface area contributed by atoms with Gasteiger partial charge in [0.1, 0.15) is 11.3 Å². The van der Waals surface area contributed by atoms with Gasteiger partial charge < -0.3 is 14.3 Å². The Kier molecular flexibility index (Phi) is 5.67. The zero-order valence-electron chi connectivity index (χ0n) is 15.7. The third-order valence-corrected chi connectivity index (χ3v) is 4.96. The minimum atomic E-state index is -0.765. The predicted octanol–water partition coefficient (Wildman–Crippen LogP) is 6.33. The zero-order valence-corrected chi connectivity index (χ0v) is 16.5. The van der Waals surface area contributed by atoms with Crippen LogP contribution in [0.5, 0.6) is 5.75 Å². The third kappa shape index (κ3) is 4.51. The van der Waals surface area contributed by atoms with Crippen molar-refractivity contribution in [3.63, 3.8) is 0 Å². The number of hydrogen-bond donors (Lipinski definition) is 1. The molecule has 0 unspecified atom stereocenters. The van der Waals surface area contributed by atoms with Crippen molar-refractivity contribution < 1.29 is 19.1 Å². The zero-order chi connectivity index (χ0) is 20.2. The number of carbonyl (C=O) groups is 1. The Bertz CT molecular complexity index is 1170. The highest BCUT2D eigenvalue weighted by Crippen LogP contribution is 2.36. The molecule has 148 valence electrons. The van der Waals surface area contributed by atoms with Crippen molar-refractivity contribution >= 4 is 39.4 Å². The number of fused-ring (bicyclic) bond motifs is 2. The summed E-state index contributed by atoms with van der Waals surface area (Å²) in [6, 6.07) is 17.4. The van der Waals surface area contributed by atoms with Crippen LogP contribution in [0.25, 0.3) is 33.3 Å². The van der Waals surface area contributed by atoms with Gasteiger partial charge in [-0.1, -0.05) is 35.9 Å². The van der Waals surface area contributed by atoms with Crippen LogP contribution < -0.4 is 4.74 Å². The number of oxazole rings is 1. The molecule has 1 aromatic heterocycles. The van der Waals surface area contributed by atoms with Crippen LogP contribution in [0.3, 0.4) is 0 Å². The van der Waals surface area contributed by atoms with Crippen LogP contribution in [0.1, 0.15) is 25.7 Å². The first-order chi connectivity index (χ1) is 14.1. The van der Waals surface area contributed by atoms with Crippen molar-refractivity contribution in [3.05, 3.63) is 59.6 Å². The number of nitrogens with zero attached hydrogens (tertiary/aromatic N) is 1. The van der Waals surface area contributed by atoms with Crippen LogP contribution in [0, 0.1) is 0 Å². The van der Waals surface area contributed by atoms with Gasteiger partial charge in [0, 0.05) is 11.4 Å². The summed E-state index contributed by atoms with van der Waals surface area (Å²) in [5, 5.41) is 11.5. The van der Waals surface area contributed by atoms with Gasteiger partial charge in [0.15, 0.2) is 5.58 Å². The highest BCUT2D eigenvalue weighted by atomic mass is 35.5. The Balaban J connectivity index is 1.62. The fourth-order valence-electron chi connectivity index (χ4n) is 3.26. The maximum absolute atomic E-state index is 10.6. The van der Waals surface area contributed by atoms with Crippen molar-refractivity contribution in [1.29, 1.82) is 0 Å². The molecule has 6 heteroatoms. The van der Waals surface area contributed by atoms with Gasteiger partial charge in [-0.3, -0.25) is 4.79 Å². The van der Waals surface area contributed by atoms with Gasteiger partial charge in [0.25, 0.3) is 0 Å². The summed E-state index contributed by atoms with van der Waals surface area (Å²) in [6.07, 6.45) is 2.42. The molecule has 0 saturated carbocycles. The van der Waals surface area contributed by atoms with E-state index in [0.717, 1.165) is 29.2 Å². The Morgan fingerprint density at radius 2 is 1.83 bits per heavy atom. The number of carboxylic acid groups (broad SMARTS) is 1. The van der Waals surface area contributed by atoms with Gasteiger partial charge in [0.2, 0.25) is 5.89 Å². The molecule has 4 rings (SSSR count). The molecule has 3 aromatic carbocycles. The number of ether oxygens (including phenoxy) is 1. The van der Waals surface area contributed by atoms with E-state index in [-0.39, 0.29) is 6.42 Å². The van der Waals surface area contributed by atoms with Crippen LogP contribution in [0.2, 0.25) is 5.02 Å². The quantitative estimate of drug-likeness (QED) is 0.344. The fraction of sp³-hybridized carbons (Fsp3) is 0.217.